The van der Waals surface area contributed by atoms with Crippen LogP contribution in [-0.4, -0.2) is 10.2 Å². The Labute approximate surface area is 104 Å². The first-order valence-corrected chi connectivity index (χ1v) is 5.40. The average molecular weight is 257 g/mol. The van der Waals surface area contributed by atoms with Gasteiger partial charge in [0.05, 0.1) is 0 Å². The molecule has 1 aromatic carbocycles. The first kappa shape index (κ1) is 12.9. The first-order valence-electron chi connectivity index (χ1n) is 4.58. The highest BCUT2D eigenvalue weighted by Gasteiger charge is 2.08. The van der Waals surface area contributed by atoms with Gasteiger partial charge in [-0.05, 0) is 25.5 Å². The number of aryl methyl sites for hydroxylation is 2. The van der Waals surface area contributed by atoms with Gasteiger partial charge in [-0.2, -0.15) is 0 Å². The summed E-state index contributed by atoms with van der Waals surface area (Å²) in [6.45, 7) is 4.12. The third kappa shape index (κ3) is 2.49. The Balaban J connectivity index is 0.00000128. The highest BCUT2D eigenvalue weighted by molar-refractivity contribution is 7.18. The van der Waals surface area contributed by atoms with Crippen molar-refractivity contribution in [2.45, 2.75) is 13.8 Å². The summed E-state index contributed by atoms with van der Waals surface area (Å²) in [7, 11) is 0. The minimum atomic E-state index is 0. The number of nitrogens with zero attached hydrogens (tertiary/aromatic N) is 2. The summed E-state index contributed by atoms with van der Waals surface area (Å²) in [6, 6.07) is 6.28. The summed E-state index contributed by atoms with van der Waals surface area (Å²) in [6.07, 6.45) is 0. The number of nitrogens with one attached hydrogen (secondary N) is 1. The van der Waals surface area contributed by atoms with E-state index in [2.05, 4.69) is 47.7 Å². The van der Waals surface area contributed by atoms with E-state index in [-0.39, 0.29) is 12.4 Å². The number of rotatable bonds is 2. The van der Waals surface area contributed by atoms with Crippen LogP contribution in [0.1, 0.15) is 11.1 Å². The van der Waals surface area contributed by atoms with Gasteiger partial charge in [-0.15, -0.1) is 22.6 Å². The van der Waals surface area contributed by atoms with Crippen LogP contribution in [0.3, 0.4) is 0 Å². The van der Waals surface area contributed by atoms with Crippen molar-refractivity contribution < 1.29 is 0 Å². The zero-order chi connectivity index (χ0) is 10.8. The molecule has 0 bridgehead atoms. The zero-order valence-corrected chi connectivity index (χ0v) is 10.7. The molecule has 6 heteroatoms. The number of nitrogens with two attached hydrogens (primary N) is 1. The summed E-state index contributed by atoms with van der Waals surface area (Å²) in [4.78, 5) is 0. The fourth-order valence-electron chi connectivity index (χ4n) is 1.36. The Kier molecular flexibility index (Phi) is 4.23. The van der Waals surface area contributed by atoms with Crippen LogP contribution in [0.2, 0.25) is 0 Å². The van der Waals surface area contributed by atoms with Crippen molar-refractivity contribution in [2.24, 2.45) is 5.84 Å². The molecule has 86 valence electrons. The fraction of sp³-hybridized carbons (Fsp3) is 0.200. The lowest BCUT2D eigenvalue weighted by Gasteiger charge is -2.02. The second kappa shape index (κ2) is 5.25. The van der Waals surface area contributed by atoms with Crippen LogP contribution in [0.4, 0.5) is 5.13 Å². The van der Waals surface area contributed by atoms with E-state index in [1.165, 1.54) is 22.5 Å². The minimum Gasteiger partial charge on any atom is -0.298 e. The normalized spacial score (nSPS) is 9.69. The predicted molar refractivity (Wildman–Crippen MR) is 69.9 cm³/mol. The lowest BCUT2D eigenvalue weighted by atomic mass is 10.1. The molecule has 0 atom stereocenters. The van der Waals surface area contributed by atoms with Crippen LogP contribution in [-0.2, 0) is 0 Å². The lowest BCUT2D eigenvalue weighted by molar-refractivity contribution is 1.08. The third-order valence-electron chi connectivity index (χ3n) is 2.17. The van der Waals surface area contributed by atoms with Crippen LogP contribution in [0, 0.1) is 13.8 Å². The number of nitrogen functional groups attached to an aromatic ring is 1. The fourth-order valence-corrected chi connectivity index (χ4v) is 2.09. The van der Waals surface area contributed by atoms with E-state index in [0.29, 0.717) is 5.13 Å². The maximum absolute atomic E-state index is 5.27. The van der Waals surface area contributed by atoms with Gasteiger partial charge in [0, 0.05) is 5.56 Å². The monoisotopic (exact) mass is 256 g/mol. The van der Waals surface area contributed by atoms with Gasteiger partial charge in [-0.3, -0.25) is 5.43 Å². The summed E-state index contributed by atoms with van der Waals surface area (Å²) < 4.78 is 0. The molecule has 3 N–H and O–H groups in total. The molecule has 1 heterocycles. The van der Waals surface area contributed by atoms with E-state index >= 15 is 0 Å². The van der Waals surface area contributed by atoms with E-state index in [1.807, 2.05) is 0 Å². The van der Waals surface area contributed by atoms with Gasteiger partial charge >= 0.3 is 0 Å². The largest absolute Gasteiger partial charge is 0.298 e. The Morgan fingerprint density at radius 2 is 2.00 bits per heavy atom. The molecule has 0 aliphatic carbocycles. The molecule has 0 aliphatic heterocycles. The Morgan fingerprint density at radius 3 is 2.62 bits per heavy atom. The molecule has 0 amide bonds. The number of hydrogen-bond donors (Lipinski definition) is 2. The van der Waals surface area contributed by atoms with E-state index in [9.17, 15) is 0 Å². The minimum absolute atomic E-state index is 0. The predicted octanol–water partition coefficient (Wildman–Crippen LogP) is 2.53. The molecular formula is C10H13ClN4S. The smallest absolute Gasteiger partial charge is 0.220 e. The molecule has 0 spiro atoms. The summed E-state index contributed by atoms with van der Waals surface area (Å²) >= 11 is 1.45. The SMILES string of the molecule is Cc1ccc(C)c(-c2nnc(NN)s2)c1.Cl. The number of halogens is 1. The number of hydrogen-bond acceptors (Lipinski definition) is 5. The van der Waals surface area contributed by atoms with Crippen molar-refractivity contribution in [3.63, 3.8) is 0 Å². The van der Waals surface area contributed by atoms with Crippen LogP contribution < -0.4 is 11.3 Å². The van der Waals surface area contributed by atoms with Crippen molar-refractivity contribution in [1.29, 1.82) is 0 Å². The Morgan fingerprint density at radius 1 is 1.25 bits per heavy atom. The van der Waals surface area contributed by atoms with E-state index in [1.54, 1.807) is 0 Å². The van der Waals surface area contributed by atoms with Crippen LogP contribution in [0.5, 0.6) is 0 Å². The highest BCUT2D eigenvalue weighted by Crippen LogP contribution is 2.28. The molecule has 16 heavy (non-hydrogen) atoms. The second-order valence-electron chi connectivity index (χ2n) is 3.38. The molecule has 2 rings (SSSR count). The molecule has 0 radical (unpaired) electrons. The molecule has 0 aliphatic rings. The summed E-state index contributed by atoms with van der Waals surface area (Å²) in [5.74, 6) is 5.27. The number of benzene rings is 1. The maximum Gasteiger partial charge on any atom is 0.220 e. The van der Waals surface area contributed by atoms with Crippen molar-refractivity contribution >= 4 is 28.9 Å². The van der Waals surface area contributed by atoms with Crippen LogP contribution in [0.25, 0.3) is 10.6 Å². The van der Waals surface area contributed by atoms with Gasteiger partial charge in [0.2, 0.25) is 5.13 Å². The van der Waals surface area contributed by atoms with Gasteiger partial charge in [-0.25, -0.2) is 5.84 Å². The summed E-state index contributed by atoms with van der Waals surface area (Å²) in [5.41, 5.74) is 6.03. The van der Waals surface area contributed by atoms with E-state index in [4.69, 9.17) is 5.84 Å². The maximum atomic E-state index is 5.27. The lowest BCUT2D eigenvalue weighted by Crippen LogP contribution is -2.05. The molecule has 2 aromatic rings. The molecule has 0 fully saturated rings. The molecule has 4 nitrogen and oxygen atoms in total. The van der Waals surface area contributed by atoms with Crippen molar-refractivity contribution in [1.82, 2.24) is 10.2 Å². The highest BCUT2D eigenvalue weighted by atomic mass is 35.5. The van der Waals surface area contributed by atoms with Gasteiger partial charge in [0.25, 0.3) is 0 Å². The number of anilines is 1. The molecular weight excluding hydrogens is 244 g/mol. The Bertz CT molecular complexity index is 483. The summed E-state index contributed by atoms with van der Waals surface area (Å²) in [5, 5.41) is 9.52. The number of aromatic nitrogens is 2. The quantitative estimate of drug-likeness (QED) is 0.640. The van der Waals surface area contributed by atoms with Crippen LogP contribution in [0.15, 0.2) is 18.2 Å². The third-order valence-corrected chi connectivity index (χ3v) is 3.06. The molecule has 0 saturated heterocycles. The Hall–Kier alpha value is -1.17. The van der Waals surface area contributed by atoms with Gasteiger partial charge in [0.1, 0.15) is 5.01 Å². The zero-order valence-electron chi connectivity index (χ0n) is 9.02. The molecule has 0 unspecified atom stereocenters. The van der Waals surface area contributed by atoms with Crippen molar-refractivity contribution in [3.05, 3.63) is 29.3 Å². The van der Waals surface area contributed by atoms with E-state index < -0.39 is 0 Å². The van der Waals surface area contributed by atoms with Crippen molar-refractivity contribution in [3.8, 4) is 10.6 Å². The average Bonchev–Trinajstić information content (AvgIpc) is 2.70. The first-order chi connectivity index (χ1) is 7.20. The second-order valence-corrected chi connectivity index (χ2v) is 4.35. The van der Waals surface area contributed by atoms with E-state index in [0.717, 1.165) is 10.6 Å². The van der Waals surface area contributed by atoms with Crippen molar-refractivity contribution in [2.75, 3.05) is 5.43 Å². The number of hydrazine groups is 1. The molecule has 0 saturated carbocycles. The van der Waals surface area contributed by atoms with Gasteiger partial charge in [0.15, 0.2) is 0 Å². The molecule has 1 aromatic heterocycles. The standard InChI is InChI=1S/C10H12N4S.ClH/c1-6-3-4-7(2)8(5-6)9-13-14-10(12-11)15-9;/h3-5H,11H2,1-2H3,(H,12,14);1H. The van der Waals surface area contributed by atoms with Gasteiger partial charge < -0.3 is 0 Å². The van der Waals surface area contributed by atoms with Crippen LogP contribution >= 0.6 is 23.7 Å². The topological polar surface area (TPSA) is 63.8 Å². The van der Waals surface area contributed by atoms with Gasteiger partial charge in [-0.1, -0.05) is 29.0 Å².